The maximum Gasteiger partial charge on any atom is 2.00 e. The summed E-state index contributed by atoms with van der Waals surface area (Å²) in [5.74, 6) is 1.95. The van der Waals surface area contributed by atoms with Gasteiger partial charge in [0.25, 0.3) is 0 Å². The molecule has 0 amide bonds. The van der Waals surface area contributed by atoms with Gasteiger partial charge in [0.15, 0.2) is 0 Å². The number of hydrogen-bond acceptors (Lipinski definition) is 4. The second-order valence-electron chi connectivity index (χ2n) is 14.4. The van der Waals surface area contributed by atoms with Crippen LogP contribution >= 0.6 is 0 Å². The first-order chi connectivity index (χ1) is 24.6. The summed E-state index contributed by atoms with van der Waals surface area (Å²) in [6.45, 7) is 13.0. The van der Waals surface area contributed by atoms with Crippen LogP contribution in [0, 0.1) is 32.9 Å². The number of hydrogen-bond donors (Lipinski definition) is 0. The van der Waals surface area contributed by atoms with Crippen LogP contribution in [-0.2, 0) is 26.5 Å². The van der Waals surface area contributed by atoms with Gasteiger partial charge in [-0.1, -0.05) is 67.6 Å². The van der Waals surface area contributed by atoms with Crippen LogP contribution in [-0.4, -0.2) is 19.3 Å². The Morgan fingerprint density at radius 2 is 1.52 bits per heavy atom. The molecule has 6 nitrogen and oxygen atoms in total. The molecule has 0 unspecified atom stereocenters. The molecule has 0 saturated carbocycles. The molecule has 5 aromatic carbocycles. The number of fused-ring (bicyclic) bond motifs is 7. The van der Waals surface area contributed by atoms with Crippen molar-refractivity contribution >= 4 is 43.7 Å². The number of nitrogens with zero attached hydrogens (tertiary/aromatic N) is 4. The van der Waals surface area contributed by atoms with E-state index in [0.29, 0.717) is 11.5 Å². The van der Waals surface area contributed by atoms with E-state index in [1.165, 1.54) is 22.3 Å². The van der Waals surface area contributed by atoms with E-state index in [4.69, 9.17) is 19.2 Å². The standard InChI is InChI=1S/C45H36N4O2.Pt/c1-27-22-28(2)42(29(3)23-27)37-19-21-48(47-37)31-10-9-11-32(25-31)50-33-14-15-36-39(26-33)49(41-24-30(18-20-46-41)45(4,5)6)38-17-16-35-34-12-7-8-13-40(34)51-44(35)43(36)38;/h7-24H,1-6H3;/q-2;+2. The predicted molar refractivity (Wildman–Crippen MR) is 206 cm³/mol. The molecule has 52 heavy (non-hydrogen) atoms. The Bertz CT molecular complexity index is 2790. The number of ether oxygens (including phenoxy) is 1. The van der Waals surface area contributed by atoms with Gasteiger partial charge in [-0.05, 0) is 90.3 Å². The number of furan rings is 1. The Labute approximate surface area is 316 Å². The summed E-state index contributed by atoms with van der Waals surface area (Å²) < 4.78 is 17.0. The largest absolute Gasteiger partial charge is 2.00 e. The number of rotatable bonds is 5. The molecule has 0 aliphatic heterocycles. The summed E-state index contributed by atoms with van der Waals surface area (Å²) in [6.07, 6.45) is 3.86. The fraction of sp³-hybridized carbons (Fsp3) is 0.156. The second-order valence-corrected chi connectivity index (χ2v) is 14.4. The van der Waals surface area contributed by atoms with E-state index in [-0.39, 0.29) is 26.5 Å². The molecule has 258 valence electrons. The van der Waals surface area contributed by atoms with Crippen molar-refractivity contribution in [1.82, 2.24) is 19.3 Å². The van der Waals surface area contributed by atoms with Crippen LogP contribution < -0.4 is 4.74 Å². The summed E-state index contributed by atoms with van der Waals surface area (Å²) in [5.41, 5.74) is 11.2. The van der Waals surface area contributed by atoms with Crippen molar-refractivity contribution in [3.63, 3.8) is 0 Å². The molecule has 9 rings (SSSR count). The maximum absolute atomic E-state index is 6.54. The first kappa shape index (κ1) is 33.7. The average Bonchev–Trinajstić information content (AvgIpc) is 3.82. The summed E-state index contributed by atoms with van der Waals surface area (Å²) in [5, 5.41) is 9.13. The van der Waals surface area contributed by atoms with Crippen molar-refractivity contribution < 1.29 is 30.2 Å². The summed E-state index contributed by atoms with van der Waals surface area (Å²) in [7, 11) is 0. The monoisotopic (exact) mass is 859 g/mol. The molecule has 0 spiro atoms. The topological polar surface area (TPSA) is 58.0 Å². The van der Waals surface area contributed by atoms with Gasteiger partial charge in [-0.3, -0.25) is 4.68 Å². The van der Waals surface area contributed by atoms with Gasteiger partial charge in [0.05, 0.1) is 5.69 Å². The van der Waals surface area contributed by atoms with E-state index in [2.05, 4.69) is 107 Å². The van der Waals surface area contributed by atoms with E-state index >= 15 is 0 Å². The van der Waals surface area contributed by atoms with Crippen LogP contribution in [0.4, 0.5) is 0 Å². The Balaban J connectivity index is 0.00000387. The Hall–Kier alpha value is -5.45. The minimum Gasteiger partial charge on any atom is -0.509 e. The van der Waals surface area contributed by atoms with Crippen molar-refractivity contribution in [2.75, 3.05) is 0 Å². The molecule has 0 saturated heterocycles. The number of para-hydroxylation sites is 1. The van der Waals surface area contributed by atoms with Gasteiger partial charge in [0.2, 0.25) is 0 Å². The normalized spacial score (nSPS) is 11.9. The molecule has 0 atom stereocenters. The van der Waals surface area contributed by atoms with Gasteiger partial charge in [0, 0.05) is 45.7 Å². The van der Waals surface area contributed by atoms with Gasteiger partial charge in [-0.2, -0.15) is 17.2 Å². The van der Waals surface area contributed by atoms with Crippen molar-refractivity contribution in [3.05, 3.63) is 144 Å². The fourth-order valence-electron chi connectivity index (χ4n) is 7.42. The van der Waals surface area contributed by atoms with E-state index in [0.717, 1.165) is 66.5 Å². The Kier molecular flexibility index (Phi) is 8.19. The number of aryl methyl sites for hydroxylation is 3. The third-order valence-electron chi connectivity index (χ3n) is 9.74. The zero-order valence-electron chi connectivity index (χ0n) is 29.8. The minimum absolute atomic E-state index is 0. The number of pyridine rings is 1. The number of aromatic nitrogens is 4. The van der Waals surface area contributed by atoms with Gasteiger partial charge >= 0.3 is 21.1 Å². The Morgan fingerprint density at radius 1 is 0.750 bits per heavy atom. The van der Waals surface area contributed by atoms with E-state index in [1.807, 2.05) is 65.6 Å². The smallest absolute Gasteiger partial charge is 0.509 e. The van der Waals surface area contributed by atoms with Crippen molar-refractivity contribution in [2.24, 2.45) is 0 Å². The maximum atomic E-state index is 6.54. The van der Waals surface area contributed by atoms with Crippen LogP contribution in [0.1, 0.15) is 43.0 Å². The molecule has 4 aromatic heterocycles. The minimum atomic E-state index is -0.0472. The third kappa shape index (κ3) is 5.63. The molecule has 9 aromatic rings. The zero-order valence-corrected chi connectivity index (χ0v) is 32.1. The van der Waals surface area contributed by atoms with Crippen molar-refractivity contribution in [1.29, 1.82) is 0 Å². The predicted octanol–water partition coefficient (Wildman–Crippen LogP) is 11.5. The quantitative estimate of drug-likeness (QED) is 0.162. The number of benzene rings is 5. The molecular formula is C45H36N4O2Pt. The second kappa shape index (κ2) is 12.6. The average molecular weight is 860 g/mol. The van der Waals surface area contributed by atoms with Gasteiger partial charge in [-0.25, -0.2) is 4.98 Å². The van der Waals surface area contributed by atoms with Crippen LogP contribution in [0.25, 0.3) is 66.5 Å². The van der Waals surface area contributed by atoms with Crippen LogP contribution in [0.15, 0.2) is 114 Å². The first-order valence-electron chi connectivity index (χ1n) is 17.2. The Morgan fingerprint density at radius 3 is 2.33 bits per heavy atom. The summed E-state index contributed by atoms with van der Waals surface area (Å²) in [6, 6.07) is 40.1. The van der Waals surface area contributed by atoms with E-state index in [1.54, 1.807) is 0 Å². The van der Waals surface area contributed by atoms with Crippen LogP contribution in [0.2, 0.25) is 0 Å². The summed E-state index contributed by atoms with van der Waals surface area (Å²) in [4.78, 5) is 4.87. The molecule has 0 N–H and O–H groups in total. The van der Waals surface area contributed by atoms with Crippen LogP contribution in [0.5, 0.6) is 11.5 Å². The van der Waals surface area contributed by atoms with Crippen molar-refractivity contribution in [2.45, 2.75) is 47.0 Å². The molecule has 0 bridgehead atoms. The van der Waals surface area contributed by atoms with Gasteiger partial charge in [-0.15, -0.1) is 30.3 Å². The van der Waals surface area contributed by atoms with Crippen LogP contribution in [0.3, 0.4) is 0 Å². The molecule has 0 aliphatic carbocycles. The SMILES string of the molecule is Cc1cc(C)c(-c2ccn(-c3[c-]c(Oc4[c-]c5c(cc4)c4c6oc7ccccc7c6ccc4n5-c4cc(C(C)(C)C)ccn4)ccc3)n2)c(C)c1.[Pt+2]. The molecule has 0 aliphatic rings. The van der Waals surface area contributed by atoms with E-state index in [9.17, 15) is 0 Å². The molecular weight excluding hydrogens is 824 g/mol. The molecule has 0 radical (unpaired) electrons. The molecule has 0 fully saturated rings. The molecule has 4 heterocycles. The van der Waals surface area contributed by atoms with Gasteiger partial charge in [0.1, 0.15) is 17.0 Å². The summed E-state index contributed by atoms with van der Waals surface area (Å²) >= 11 is 0. The third-order valence-corrected chi connectivity index (χ3v) is 9.74. The molecule has 7 heteroatoms. The zero-order chi connectivity index (χ0) is 35.0. The van der Waals surface area contributed by atoms with E-state index < -0.39 is 0 Å². The van der Waals surface area contributed by atoms with Gasteiger partial charge < -0.3 is 13.7 Å². The first-order valence-corrected chi connectivity index (χ1v) is 17.2. The fourth-order valence-corrected chi connectivity index (χ4v) is 7.42. The van der Waals surface area contributed by atoms with Crippen molar-refractivity contribution in [3.8, 4) is 34.3 Å².